The minimum absolute atomic E-state index is 0.497. The first-order valence-electron chi connectivity index (χ1n) is 5.52. The van der Waals surface area contributed by atoms with Gasteiger partial charge in [0.2, 0.25) is 0 Å². The van der Waals surface area contributed by atoms with Crippen LogP contribution in [0.4, 0.5) is 0 Å². The van der Waals surface area contributed by atoms with E-state index in [1.54, 1.807) is 11.3 Å². The van der Waals surface area contributed by atoms with Gasteiger partial charge < -0.3 is 4.74 Å². The van der Waals surface area contributed by atoms with Crippen LogP contribution in [0.2, 0.25) is 0 Å². The second-order valence-corrected chi connectivity index (χ2v) is 5.81. The molecule has 0 saturated carbocycles. The van der Waals surface area contributed by atoms with Crippen molar-refractivity contribution in [2.45, 2.75) is 13.5 Å². The molecule has 0 bridgehead atoms. The Morgan fingerprint density at radius 3 is 3.11 bits per heavy atom. The van der Waals surface area contributed by atoms with Crippen LogP contribution in [0.3, 0.4) is 0 Å². The van der Waals surface area contributed by atoms with E-state index in [4.69, 9.17) is 4.74 Å². The van der Waals surface area contributed by atoms with Gasteiger partial charge in [0.15, 0.2) is 4.96 Å². The van der Waals surface area contributed by atoms with Gasteiger partial charge in [0, 0.05) is 22.2 Å². The molecule has 2 heterocycles. The molecule has 0 fully saturated rings. The second kappa shape index (κ2) is 4.74. The van der Waals surface area contributed by atoms with E-state index in [2.05, 4.69) is 20.9 Å². The Bertz CT molecular complexity index is 661. The van der Waals surface area contributed by atoms with Gasteiger partial charge in [0.25, 0.3) is 0 Å². The lowest BCUT2D eigenvalue weighted by molar-refractivity contribution is 0.300. The van der Waals surface area contributed by atoms with Crippen molar-refractivity contribution in [3.63, 3.8) is 0 Å². The van der Waals surface area contributed by atoms with E-state index in [0.717, 1.165) is 26.4 Å². The van der Waals surface area contributed by atoms with Gasteiger partial charge in [-0.05, 0) is 30.7 Å². The van der Waals surface area contributed by atoms with Gasteiger partial charge in [-0.25, -0.2) is 4.98 Å². The number of nitrogens with zero attached hydrogens (tertiary/aromatic N) is 2. The molecular formula is C13H11BrN2OS. The lowest BCUT2D eigenvalue weighted by Crippen LogP contribution is -1.97. The maximum atomic E-state index is 5.78. The van der Waals surface area contributed by atoms with Crippen LogP contribution in [0.5, 0.6) is 5.75 Å². The van der Waals surface area contributed by atoms with Crippen molar-refractivity contribution in [1.29, 1.82) is 0 Å². The molecule has 2 aromatic heterocycles. The average molecular weight is 323 g/mol. The molecule has 1 aromatic carbocycles. The molecule has 0 amide bonds. The van der Waals surface area contributed by atoms with Crippen LogP contribution >= 0.6 is 27.3 Å². The van der Waals surface area contributed by atoms with E-state index >= 15 is 0 Å². The maximum Gasteiger partial charge on any atom is 0.193 e. The number of hydrogen-bond donors (Lipinski definition) is 0. The van der Waals surface area contributed by atoms with Crippen LogP contribution in [0.15, 0.2) is 40.4 Å². The Kier molecular flexibility index (Phi) is 3.09. The summed E-state index contributed by atoms with van der Waals surface area (Å²) < 4.78 is 8.86. The molecular weight excluding hydrogens is 312 g/mol. The molecule has 0 aliphatic rings. The Hall–Kier alpha value is -1.33. The van der Waals surface area contributed by atoms with E-state index in [1.807, 2.05) is 47.3 Å². The molecule has 0 spiro atoms. The molecule has 0 unspecified atom stereocenters. The summed E-state index contributed by atoms with van der Waals surface area (Å²) in [5.74, 6) is 0.898. The quantitative estimate of drug-likeness (QED) is 0.727. The number of aromatic nitrogens is 2. The molecule has 3 nitrogen and oxygen atoms in total. The van der Waals surface area contributed by atoms with Crippen LogP contribution in [-0.4, -0.2) is 9.38 Å². The predicted octanol–water partition coefficient (Wildman–Crippen LogP) is 4.05. The van der Waals surface area contributed by atoms with Crippen molar-refractivity contribution in [3.8, 4) is 5.75 Å². The highest BCUT2D eigenvalue weighted by Gasteiger charge is 2.05. The third kappa shape index (κ3) is 2.28. The molecule has 92 valence electrons. The fourth-order valence-corrected chi connectivity index (χ4v) is 2.97. The van der Waals surface area contributed by atoms with Gasteiger partial charge in [0.1, 0.15) is 12.4 Å². The summed E-state index contributed by atoms with van der Waals surface area (Å²) in [7, 11) is 0. The van der Waals surface area contributed by atoms with E-state index in [0.29, 0.717) is 6.61 Å². The minimum atomic E-state index is 0.497. The fourth-order valence-electron chi connectivity index (χ4n) is 1.77. The summed E-state index contributed by atoms with van der Waals surface area (Å²) >= 11 is 5.07. The van der Waals surface area contributed by atoms with Crippen LogP contribution in [0.1, 0.15) is 11.3 Å². The zero-order chi connectivity index (χ0) is 12.5. The first-order chi connectivity index (χ1) is 8.72. The van der Waals surface area contributed by atoms with Crippen molar-refractivity contribution < 1.29 is 4.74 Å². The Balaban J connectivity index is 1.76. The Morgan fingerprint density at radius 2 is 2.33 bits per heavy atom. The summed E-state index contributed by atoms with van der Waals surface area (Å²) in [6.45, 7) is 2.53. The lowest BCUT2D eigenvalue weighted by atomic mass is 10.2. The third-order valence-corrected chi connectivity index (χ3v) is 3.92. The van der Waals surface area contributed by atoms with Gasteiger partial charge in [-0.15, -0.1) is 11.3 Å². The monoisotopic (exact) mass is 322 g/mol. The van der Waals surface area contributed by atoms with Crippen molar-refractivity contribution in [2.75, 3.05) is 0 Å². The molecule has 18 heavy (non-hydrogen) atoms. The second-order valence-electron chi connectivity index (χ2n) is 4.02. The highest BCUT2D eigenvalue weighted by atomic mass is 79.9. The average Bonchev–Trinajstić information content (AvgIpc) is 2.88. The topological polar surface area (TPSA) is 26.5 Å². The summed E-state index contributed by atoms with van der Waals surface area (Å²) in [6.07, 6.45) is 4.00. The van der Waals surface area contributed by atoms with Gasteiger partial charge in [-0.3, -0.25) is 4.40 Å². The zero-order valence-corrected chi connectivity index (χ0v) is 12.2. The van der Waals surface area contributed by atoms with Gasteiger partial charge >= 0.3 is 0 Å². The molecule has 0 radical (unpaired) electrons. The third-order valence-electron chi connectivity index (χ3n) is 2.66. The van der Waals surface area contributed by atoms with Crippen molar-refractivity contribution in [1.82, 2.24) is 9.38 Å². The number of fused-ring (bicyclic) bond motifs is 1. The van der Waals surface area contributed by atoms with Crippen LogP contribution in [-0.2, 0) is 6.61 Å². The number of rotatable bonds is 3. The van der Waals surface area contributed by atoms with E-state index < -0.39 is 0 Å². The largest absolute Gasteiger partial charge is 0.487 e. The zero-order valence-electron chi connectivity index (χ0n) is 9.76. The molecule has 5 heteroatoms. The number of hydrogen-bond acceptors (Lipinski definition) is 3. The fraction of sp³-hybridized carbons (Fsp3) is 0.154. The van der Waals surface area contributed by atoms with Gasteiger partial charge in [-0.2, -0.15) is 0 Å². The smallest absolute Gasteiger partial charge is 0.193 e. The number of imidazole rings is 1. The molecule has 3 rings (SSSR count). The summed E-state index contributed by atoms with van der Waals surface area (Å²) in [6, 6.07) is 5.99. The van der Waals surface area contributed by atoms with Crippen LogP contribution in [0.25, 0.3) is 4.96 Å². The van der Waals surface area contributed by atoms with Crippen LogP contribution in [0, 0.1) is 6.92 Å². The van der Waals surface area contributed by atoms with E-state index in [9.17, 15) is 0 Å². The standard InChI is InChI=1S/C13H11BrN2OS/c1-9-6-10(14)2-3-12(9)17-8-11-7-16-4-5-18-13(16)15-11/h2-7H,8H2,1H3. The van der Waals surface area contributed by atoms with E-state index in [1.165, 1.54) is 0 Å². The van der Waals surface area contributed by atoms with Gasteiger partial charge in [0.05, 0.1) is 5.69 Å². The molecule has 0 N–H and O–H groups in total. The van der Waals surface area contributed by atoms with Crippen molar-refractivity contribution in [2.24, 2.45) is 0 Å². The maximum absolute atomic E-state index is 5.78. The number of thiazole rings is 1. The molecule has 0 atom stereocenters. The highest BCUT2D eigenvalue weighted by molar-refractivity contribution is 9.10. The summed E-state index contributed by atoms with van der Waals surface area (Å²) in [4.78, 5) is 5.48. The SMILES string of the molecule is Cc1cc(Br)ccc1OCc1cn2ccsc2n1. The summed E-state index contributed by atoms with van der Waals surface area (Å²) in [5, 5.41) is 2.02. The van der Waals surface area contributed by atoms with Crippen molar-refractivity contribution >= 4 is 32.2 Å². The Morgan fingerprint density at radius 1 is 1.44 bits per heavy atom. The molecule has 0 saturated heterocycles. The first kappa shape index (κ1) is 11.7. The van der Waals surface area contributed by atoms with Crippen molar-refractivity contribution in [3.05, 3.63) is 51.7 Å². The number of ether oxygens (including phenoxy) is 1. The first-order valence-corrected chi connectivity index (χ1v) is 7.20. The Labute approximate surface area is 117 Å². The lowest BCUT2D eigenvalue weighted by Gasteiger charge is -2.07. The molecule has 0 aliphatic carbocycles. The van der Waals surface area contributed by atoms with E-state index in [-0.39, 0.29) is 0 Å². The van der Waals surface area contributed by atoms with Gasteiger partial charge in [-0.1, -0.05) is 15.9 Å². The summed E-state index contributed by atoms with van der Waals surface area (Å²) in [5.41, 5.74) is 2.06. The predicted molar refractivity (Wildman–Crippen MR) is 76.3 cm³/mol. The highest BCUT2D eigenvalue weighted by Crippen LogP contribution is 2.23. The normalized spacial score (nSPS) is 11.0. The molecule has 3 aromatic rings. The number of halogens is 1. The molecule has 0 aliphatic heterocycles. The number of benzene rings is 1. The van der Waals surface area contributed by atoms with Crippen LogP contribution < -0.4 is 4.74 Å². The number of aryl methyl sites for hydroxylation is 1. The minimum Gasteiger partial charge on any atom is -0.487 e.